The lowest BCUT2D eigenvalue weighted by Crippen LogP contribution is -2.33. The topological polar surface area (TPSA) is 113 Å². The van der Waals surface area contributed by atoms with Crippen molar-refractivity contribution < 1.29 is 9.72 Å². The molecule has 0 saturated heterocycles. The molecule has 1 aromatic heterocycles. The highest BCUT2D eigenvalue weighted by Crippen LogP contribution is 2.34. The van der Waals surface area contributed by atoms with Gasteiger partial charge in [-0.25, -0.2) is 9.97 Å². The monoisotopic (exact) mass is 468 g/mol. The number of hydrogen-bond donors (Lipinski definition) is 2. The van der Waals surface area contributed by atoms with Crippen molar-refractivity contribution in [2.45, 2.75) is 13.0 Å². The third-order valence-electron chi connectivity index (χ3n) is 4.82. The van der Waals surface area contributed by atoms with E-state index in [0.29, 0.717) is 18.7 Å². The van der Waals surface area contributed by atoms with Crippen LogP contribution in [0, 0.1) is 10.1 Å². The Labute approximate surface area is 180 Å². The first kappa shape index (κ1) is 19.8. The summed E-state index contributed by atoms with van der Waals surface area (Å²) in [4.78, 5) is 33.6. The van der Waals surface area contributed by atoms with E-state index in [1.165, 1.54) is 11.9 Å². The van der Waals surface area contributed by atoms with Crippen LogP contribution in [0.1, 0.15) is 21.5 Å². The lowest BCUT2D eigenvalue weighted by molar-refractivity contribution is -0.383. The van der Waals surface area contributed by atoms with Crippen molar-refractivity contribution in [3.05, 3.63) is 86.1 Å². The summed E-state index contributed by atoms with van der Waals surface area (Å²) in [5.74, 6) is -0.303. The van der Waals surface area contributed by atoms with Gasteiger partial charge in [0.2, 0.25) is 11.6 Å². The standard InChI is InChI=1S/C20H17BrN6O3/c21-16-7-5-14(6-8-16)20(28)25-24-18-17(27(29)30)19(23-12-22-18)26-10-9-13-3-1-2-4-15(13)11-26/h1-8,12H,9-11H2,(H,25,28)(H,22,23,24). The molecular weight excluding hydrogens is 452 g/mol. The first-order valence-corrected chi connectivity index (χ1v) is 9.95. The zero-order chi connectivity index (χ0) is 21.1. The van der Waals surface area contributed by atoms with E-state index in [-0.39, 0.29) is 17.3 Å². The number of nitro groups is 1. The van der Waals surface area contributed by atoms with E-state index in [4.69, 9.17) is 0 Å². The van der Waals surface area contributed by atoms with E-state index in [1.807, 2.05) is 23.1 Å². The molecule has 0 atom stereocenters. The molecule has 30 heavy (non-hydrogen) atoms. The number of anilines is 2. The number of hydrazine groups is 1. The van der Waals surface area contributed by atoms with Gasteiger partial charge < -0.3 is 4.90 Å². The first-order valence-electron chi connectivity index (χ1n) is 9.16. The van der Waals surface area contributed by atoms with E-state index < -0.39 is 10.8 Å². The molecule has 2 aromatic carbocycles. The van der Waals surface area contributed by atoms with Crippen molar-refractivity contribution >= 4 is 39.2 Å². The van der Waals surface area contributed by atoms with Gasteiger partial charge in [-0.3, -0.25) is 25.8 Å². The second kappa shape index (κ2) is 8.46. The molecule has 1 amide bonds. The van der Waals surface area contributed by atoms with Crippen LogP contribution in [-0.4, -0.2) is 27.3 Å². The Morgan fingerprint density at radius 3 is 2.57 bits per heavy atom. The summed E-state index contributed by atoms with van der Waals surface area (Å²) in [6, 6.07) is 14.7. The van der Waals surface area contributed by atoms with Gasteiger partial charge in [0.05, 0.1) is 4.92 Å². The fourth-order valence-electron chi connectivity index (χ4n) is 3.33. The van der Waals surface area contributed by atoms with Crippen LogP contribution < -0.4 is 15.8 Å². The molecule has 0 saturated carbocycles. The van der Waals surface area contributed by atoms with Crippen LogP contribution in [0.4, 0.5) is 17.3 Å². The highest BCUT2D eigenvalue weighted by atomic mass is 79.9. The van der Waals surface area contributed by atoms with E-state index >= 15 is 0 Å². The van der Waals surface area contributed by atoms with Crippen molar-refractivity contribution in [3.63, 3.8) is 0 Å². The molecule has 0 aliphatic carbocycles. The summed E-state index contributed by atoms with van der Waals surface area (Å²) in [5.41, 5.74) is 7.48. The summed E-state index contributed by atoms with van der Waals surface area (Å²) in [6.07, 6.45) is 2.01. The van der Waals surface area contributed by atoms with Crippen molar-refractivity contribution in [2.24, 2.45) is 0 Å². The molecule has 0 bridgehead atoms. The minimum atomic E-state index is -0.538. The quantitative estimate of drug-likeness (QED) is 0.435. The second-order valence-electron chi connectivity index (χ2n) is 6.68. The number of benzene rings is 2. The van der Waals surface area contributed by atoms with E-state index in [1.54, 1.807) is 24.3 Å². The van der Waals surface area contributed by atoms with E-state index in [2.05, 4.69) is 42.8 Å². The number of aromatic nitrogens is 2. The molecule has 2 heterocycles. The molecule has 2 N–H and O–H groups in total. The Hall–Kier alpha value is -3.53. The van der Waals surface area contributed by atoms with Crippen LogP contribution in [-0.2, 0) is 13.0 Å². The second-order valence-corrected chi connectivity index (χ2v) is 7.59. The predicted octanol–water partition coefficient (Wildman–Crippen LogP) is 3.47. The predicted molar refractivity (Wildman–Crippen MR) is 115 cm³/mol. The number of hydrogen-bond acceptors (Lipinski definition) is 7. The molecule has 3 aromatic rings. The molecular formula is C20H17BrN6O3. The lowest BCUT2D eigenvalue weighted by Gasteiger charge is -2.29. The van der Waals surface area contributed by atoms with Gasteiger partial charge in [0.15, 0.2) is 0 Å². The number of halogens is 1. The molecule has 9 nitrogen and oxygen atoms in total. The molecule has 0 fully saturated rings. The third-order valence-corrected chi connectivity index (χ3v) is 5.35. The van der Waals surface area contributed by atoms with Gasteiger partial charge in [0, 0.05) is 23.1 Å². The number of nitrogens with one attached hydrogen (secondary N) is 2. The largest absolute Gasteiger partial charge is 0.355 e. The molecule has 0 unspecified atom stereocenters. The maximum absolute atomic E-state index is 12.3. The minimum Gasteiger partial charge on any atom is -0.346 e. The third kappa shape index (κ3) is 4.08. The first-order chi connectivity index (χ1) is 14.5. The highest BCUT2D eigenvalue weighted by molar-refractivity contribution is 9.10. The lowest BCUT2D eigenvalue weighted by atomic mass is 10.00. The molecule has 10 heteroatoms. The van der Waals surface area contributed by atoms with Crippen LogP contribution in [0.15, 0.2) is 59.3 Å². The van der Waals surface area contributed by atoms with E-state index in [0.717, 1.165) is 16.5 Å². The zero-order valence-electron chi connectivity index (χ0n) is 15.7. The minimum absolute atomic E-state index is 0.0747. The summed E-state index contributed by atoms with van der Waals surface area (Å²) in [5, 5.41) is 11.8. The Bertz CT molecular complexity index is 1110. The summed E-state index contributed by atoms with van der Waals surface area (Å²) < 4.78 is 0.839. The number of nitrogens with zero attached hydrogens (tertiary/aromatic N) is 4. The molecule has 4 rings (SSSR count). The van der Waals surface area contributed by atoms with Gasteiger partial charge in [-0.1, -0.05) is 40.2 Å². The summed E-state index contributed by atoms with van der Waals surface area (Å²) in [6.45, 7) is 1.11. The van der Waals surface area contributed by atoms with Crippen LogP contribution in [0.5, 0.6) is 0 Å². The van der Waals surface area contributed by atoms with Gasteiger partial charge >= 0.3 is 5.69 Å². The Morgan fingerprint density at radius 1 is 1.10 bits per heavy atom. The smallest absolute Gasteiger partial charge is 0.346 e. The van der Waals surface area contributed by atoms with Crippen molar-refractivity contribution in [3.8, 4) is 0 Å². The van der Waals surface area contributed by atoms with E-state index in [9.17, 15) is 14.9 Å². The number of amides is 1. The Kier molecular flexibility index (Phi) is 5.57. The molecule has 0 radical (unpaired) electrons. The Morgan fingerprint density at radius 2 is 1.83 bits per heavy atom. The fraction of sp³-hybridized carbons (Fsp3) is 0.150. The van der Waals surface area contributed by atoms with Gasteiger partial charge in [0.1, 0.15) is 6.33 Å². The van der Waals surface area contributed by atoms with Crippen molar-refractivity contribution in [1.29, 1.82) is 0 Å². The molecule has 152 valence electrons. The fourth-order valence-corrected chi connectivity index (χ4v) is 3.59. The zero-order valence-corrected chi connectivity index (χ0v) is 17.3. The van der Waals surface area contributed by atoms with Crippen LogP contribution >= 0.6 is 15.9 Å². The maximum atomic E-state index is 12.3. The average Bonchev–Trinajstić information content (AvgIpc) is 2.77. The van der Waals surface area contributed by atoms with Crippen LogP contribution in [0.2, 0.25) is 0 Å². The maximum Gasteiger partial charge on any atom is 0.355 e. The van der Waals surface area contributed by atoms with Crippen LogP contribution in [0.25, 0.3) is 0 Å². The van der Waals surface area contributed by atoms with Crippen molar-refractivity contribution in [1.82, 2.24) is 15.4 Å². The number of fused-ring (bicyclic) bond motifs is 1. The SMILES string of the molecule is O=C(NNc1ncnc(N2CCc3ccccc3C2)c1[N+](=O)[O-])c1ccc(Br)cc1. The number of carbonyl (C=O) groups excluding carboxylic acids is 1. The van der Waals surface area contributed by atoms with Gasteiger partial charge in [0.25, 0.3) is 5.91 Å². The molecule has 1 aliphatic heterocycles. The summed E-state index contributed by atoms with van der Waals surface area (Å²) >= 11 is 3.31. The normalized spacial score (nSPS) is 12.8. The average molecular weight is 469 g/mol. The van der Waals surface area contributed by atoms with Gasteiger partial charge in [-0.15, -0.1) is 0 Å². The molecule has 0 spiro atoms. The Balaban J connectivity index is 1.57. The van der Waals surface area contributed by atoms with Gasteiger partial charge in [-0.05, 0) is 41.8 Å². The number of rotatable bonds is 5. The molecule has 1 aliphatic rings. The number of carbonyl (C=O) groups is 1. The van der Waals surface area contributed by atoms with Crippen molar-refractivity contribution in [2.75, 3.05) is 16.9 Å². The summed E-state index contributed by atoms with van der Waals surface area (Å²) in [7, 11) is 0. The van der Waals surface area contributed by atoms with Gasteiger partial charge in [-0.2, -0.15) is 0 Å². The highest BCUT2D eigenvalue weighted by Gasteiger charge is 2.29. The van der Waals surface area contributed by atoms with Crippen LogP contribution in [0.3, 0.4) is 0 Å².